The monoisotopic (exact) mass is 592 g/mol. The van der Waals surface area contributed by atoms with E-state index >= 15 is 4.39 Å². The van der Waals surface area contributed by atoms with Crippen molar-refractivity contribution in [3.63, 3.8) is 0 Å². The van der Waals surface area contributed by atoms with E-state index < -0.39 is 50.9 Å². The average molecular weight is 593 g/mol. The molecule has 0 radical (unpaired) electrons. The summed E-state index contributed by atoms with van der Waals surface area (Å²) in [6, 6.07) is 7.35. The van der Waals surface area contributed by atoms with E-state index in [0.717, 1.165) is 24.1 Å². The molecule has 220 valence electrons. The normalized spacial score (nSPS) is 25.6. The Kier molecular flexibility index (Phi) is 8.34. The number of aromatic nitrogens is 4. The SMILES string of the molecule is COC(=O)C(C)N(OC[C@H]1O[C@@H](n2cnc3c(NC4CCC4)nc(N)nc32)[C@](C)(F)[C@@H]1O)[P+](=O)Oc1ccccc1. The molecular weight excluding hydrogens is 560 g/mol. The maximum Gasteiger partial charge on any atom is 0.693 e. The molecule has 2 aromatic heterocycles. The van der Waals surface area contributed by atoms with Crippen LogP contribution in [0, 0.1) is 0 Å². The number of halogens is 1. The Hall–Kier alpha value is -3.49. The van der Waals surface area contributed by atoms with Crippen molar-refractivity contribution in [2.24, 2.45) is 0 Å². The Labute approximate surface area is 235 Å². The van der Waals surface area contributed by atoms with E-state index in [0.29, 0.717) is 11.3 Å². The zero-order valence-electron chi connectivity index (χ0n) is 22.7. The van der Waals surface area contributed by atoms with Gasteiger partial charge in [0.25, 0.3) is 0 Å². The summed E-state index contributed by atoms with van der Waals surface area (Å²) in [6.07, 6.45) is 0.132. The number of hydrogen-bond donors (Lipinski definition) is 3. The second-order valence-corrected chi connectivity index (χ2v) is 11.1. The molecule has 0 bridgehead atoms. The third kappa shape index (κ3) is 5.81. The summed E-state index contributed by atoms with van der Waals surface area (Å²) in [6.45, 7) is 2.11. The number of carbonyl (C=O) groups excluding carboxylic acids is 1. The van der Waals surface area contributed by atoms with Crippen LogP contribution in [0.3, 0.4) is 0 Å². The number of imidazole rings is 1. The average Bonchev–Trinajstić information content (AvgIpc) is 3.43. The fraction of sp³-hybridized carbons (Fsp3) is 0.520. The van der Waals surface area contributed by atoms with Gasteiger partial charge in [-0.3, -0.25) is 14.2 Å². The number of methoxy groups -OCH3 is 1. The van der Waals surface area contributed by atoms with Crippen LogP contribution in [0.2, 0.25) is 0 Å². The van der Waals surface area contributed by atoms with Crippen molar-refractivity contribution in [3.05, 3.63) is 36.7 Å². The van der Waals surface area contributed by atoms with Crippen LogP contribution in [0.1, 0.15) is 39.3 Å². The number of alkyl halides is 1. The van der Waals surface area contributed by atoms with Gasteiger partial charge in [-0.1, -0.05) is 18.2 Å². The van der Waals surface area contributed by atoms with E-state index in [1.807, 2.05) is 0 Å². The Morgan fingerprint density at radius 2 is 2.10 bits per heavy atom. The largest absolute Gasteiger partial charge is 0.693 e. The third-order valence-corrected chi connectivity index (χ3v) is 8.34. The molecule has 1 aliphatic heterocycles. The number of anilines is 2. The first-order valence-corrected chi connectivity index (χ1v) is 14.2. The molecule has 1 saturated heterocycles. The fourth-order valence-corrected chi connectivity index (χ4v) is 5.55. The number of fused-ring (bicyclic) bond motifs is 1. The zero-order chi connectivity index (χ0) is 29.3. The molecule has 0 spiro atoms. The number of nitrogens with zero attached hydrogens (tertiary/aromatic N) is 5. The second-order valence-electron chi connectivity index (χ2n) is 10.1. The third-order valence-electron chi connectivity index (χ3n) is 7.19. The molecule has 16 heteroatoms. The minimum Gasteiger partial charge on any atom is -0.468 e. The predicted molar refractivity (Wildman–Crippen MR) is 144 cm³/mol. The summed E-state index contributed by atoms with van der Waals surface area (Å²) in [4.78, 5) is 31.6. The predicted octanol–water partition coefficient (Wildman–Crippen LogP) is 2.89. The number of carbonyl (C=O) groups is 1. The van der Waals surface area contributed by atoms with Gasteiger partial charge in [0.2, 0.25) is 5.95 Å². The first kappa shape index (κ1) is 29.0. The minimum absolute atomic E-state index is 0.0327. The Bertz CT molecular complexity index is 1410. The van der Waals surface area contributed by atoms with E-state index in [1.165, 1.54) is 31.9 Å². The van der Waals surface area contributed by atoms with E-state index in [9.17, 15) is 14.5 Å². The number of para-hydroxylation sites is 1. The first-order chi connectivity index (χ1) is 19.6. The second kappa shape index (κ2) is 11.8. The number of nitrogens with one attached hydrogen (secondary N) is 1. The number of nitrogen functional groups attached to an aromatic ring is 1. The molecular formula is C25H32FN7O7P+. The van der Waals surface area contributed by atoms with Gasteiger partial charge in [0, 0.05) is 10.6 Å². The van der Waals surface area contributed by atoms with Gasteiger partial charge in [0.15, 0.2) is 40.7 Å². The summed E-state index contributed by atoms with van der Waals surface area (Å²) in [5, 5.41) is 14.2. The Morgan fingerprint density at radius 1 is 1.37 bits per heavy atom. The highest BCUT2D eigenvalue weighted by Gasteiger charge is 2.56. The molecule has 1 saturated carbocycles. The molecule has 2 fully saturated rings. The van der Waals surface area contributed by atoms with Crippen molar-refractivity contribution in [2.45, 2.75) is 69.3 Å². The lowest BCUT2D eigenvalue weighted by Gasteiger charge is -2.27. The molecule has 2 aliphatic rings. The number of esters is 1. The number of ether oxygens (including phenoxy) is 2. The molecule has 2 unspecified atom stereocenters. The van der Waals surface area contributed by atoms with Crippen LogP contribution in [-0.4, -0.2) is 79.1 Å². The van der Waals surface area contributed by atoms with Crippen LogP contribution in [0.5, 0.6) is 5.75 Å². The number of hydrogen-bond acceptors (Lipinski definition) is 12. The van der Waals surface area contributed by atoms with Gasteiger partial charge in [0.05, 0.1) is 18.3 Å². The topological polar surface area (TPSA) is 176 Å². The summed E-state index contributed by atoms with van der Waals surface area (Å²) in [7, 11) is -1.59. The number of aliphatic hydroxyl groups is 1. The lowest BCUT2D eigenvalue weighted by Crippen LogP contribution is -2.42. The number of nitrogens with two attached hydrogens (primary N) is 1. The summed E-state index contributed by atoms with van der Waals surface area (Å²) in [5.41, 5.74) is 4.22. The molecule has 0 amide bonds. The molecule has 41 heavy (non-hydrogen) atoms. The molecule has 4 N–H and O–H groups in total. The van der Waals surface area contributed by atoms with Gasteiger partial charge >= 0.3 is 14.1 Å². The molecule has 3 heterocycles. The highest BCUT2D eigenvalue weighted by molar-refractivity contribution is 7.36. The number of hydroxylamine groups is 1. The summed E-state index contributed by atoms with van der Waals surface area (Å²) in [5.74, 6) is -0.0776. The van der Waals surface area contributed by atoms with E-state index in [1.54, 1.807) is 30.3 Å². The summed E-state index contributed by atoms with van der Waals surface area (Å²) >= 11 is 0. The Morgan fingerprint density at radius 3 is 2.76 bits per heavy atom. The van der Waals surface area contributed by atoms with Crippen molar-refractivity contribution in [3.8, 4) is 5.75 Å². The highest BCUT2D eigenvalue weighted by atomic mass is 31.1. The fourth-order valence-electron chi connectivity index (χ4n) is 4.62. The molecule has 5 rings (SSSR count). The van der Waals surface area contributed by atoms with Crippen LogP contribution < -0.4 is 15.6 Å². The standard InChI is InChI=1S/C25H32FN7O7P/c1-14(22(35)37-3)33(41(36)40-16-10-5-4-6-11-16)38-12-17-19(34)25(2,26)23(39-17)32-13-28-18-20(29-15-8-7-9-15)30-24(27)31-21(18)32/h4-6,10-11,13-15,17,19,23,34H,7-9,12H2,1-3H3,(H3,27,29,30,31)/q+1/t14?,17-,19-,23-,25-/m1/s1. The van der Waals surface area contributed by atoms with Crippen LogP contribution in [0.25, 0.3) is 11.2 Å². The lowest BCUT2D eigenvalue weighted by molar-refractivity contribution is -0.179. The van der Waals surface area contributed by atoms with E-state index in [-0.39, 0.29) is 23.4 Å². The maximum atomic E-state index is 16.1. The van der Waals surface area contributed by atoms with Gasteiger partial charge in [-0.15, -0.1) is 0 Å². The molecule has 1 aliphatic carbocycles. The molecule has 1 aromatic carbocycles. The number of benzene rings is 1. The van der Waals surface area contributed by atoms with Crippen LogP contribution >= 0.6 is 8.18 Å². The van der Waals surface area contributed by atoms with Crippen molar-refractivity contribution in [1.82, 2.24) is 24.4 Å². The zero-order valence-corrected chi connectivity index (χ0v) is 23.6. The number of aliphatic hydroxyl groups excluding tert-OH is 1. The quantitative estimate of drug-likeness (QED) is 0.168. The van der Waals surface area contributed by atoms with E-state index in [4.69, 9.17) is 24.6 Å². The van der Waals surface area contributed by atoms with Crippen molar-refractivity contribution in [1.29, 1.82) is 0 Å². The van der Waals surface area contributed by atoms with E-state index in [2.05, 4.69) is 20.3 Å². The van der Waals surface area contributed by atoms with Crippen molar-refractivity contribution in [2.75, 3.05) is 24.8 Å². The van der Waals surface area contributed by atoms with Crippen LogP contribution in [0.4, 0.5) is 16.2 Å². The van der Waals surface area contributed by atoms with Crippen LogP contribution in [-0.2, 0) is 23.7 Å². The molecule has 3 aromatic rings. The maximum absolute atomic E-state index is 16.1. The molecule has 6 atom stereocenters. The minimum atomic E-state index is -2.76. The first-order valence-electron chi connectivity index (χ1n) is 13.1. The van der Waals surface area contributed by atoms with Gasteiger partial charge in [-0.2, -0.15) is 9.97 Å². The lowest BCUT2D eigenvalue weighted by atomic mass is 9.93. The highest BCUT2D eigenvalue weighted by Crippen LogP contribution is 2.43. The Balaban J connectivity index is 1.35. The van der Waals surface area contributed by atoms with Crippen LogP contribution in [0.15, 0.2) is 36.7 Å². The molecule has 14 nitrogen and oxygen atoms in total. The number of rotatable bonds is 11. The van der Waals surface area contributed by atoms with Crippen molar-refractivity contribution < 1.29 is 37.7 Å². The summed E-state index contributed by atoms with van der Waals surface area (Å²) < 4.78 is 46.6. The van der Waals surface area contributed by atoms with Gasteiger partial charge < -0.3 is 25.6 Å². The van der Waals surface area contributed by atoms with Crippen molar-refractivity contribution >= 4 is 37.1 Å². The van der Waals surface area contributed by atoms with Gasteiger partial charge in [-0.05, 0) is 45.2 Å². The van der Waals surface area contributed by atoms with Gasteiger partial charge in [-0.25, -0.2) is 13.9 Å². The smallest absolute Gasteiger partial charge is 0.468 e. The van der Waals surface area contributed by atoms with Gasteiger partial charge in [0.1, 0.15) is 18.8 Å².